The first-order chi connectivity index (χ1) is 19.5. The fourth-order valence-electron chi connectivity index (χ4n) is 4.43. The molecule has 0 saturated carbocycles. The van der Waals surface area contributed by atoms with E-state index in [-0.39, 0.29) is 33.1 Å². The van der Waals surface area contributed by atoms with E-state index in [0.717, 1.165) is 9.13 Å². The lowest BCUT2D eigenvalue weighted by Crippen LogP contribution is -2.41. The number of benzene rings is 3. The lowest BCUT2D eigenvalue weighted by molar-refractivity contribution is 0.402. The van der Waals surface area contributed by atoms with E-state index in [4.69, 9.17) is 16.3 Å². The molecule has 0 atom stereocenters. The summed E-state index contributed by atoms with van der Waals surface area (Å²) in [5.74, 6) is -7.36. The molecule has 5 rings (SSSR count). The molecule has 3 aromatic carbocycles. The first-order valence-corrected chi connectivity index (χ1v) is 12.1. The second-order valence-electron chi connectivity index (χ2n) is 8.93. The van der Waals surface area contributed by atoms with Gasteiger partial charge in [0.25, 0.3) is 5.56 Å². The molecular weight excluding hydrogens is 568 g/mol. The smallest absolute Gasteiger partial charge is 0.332 e. The maximum atomic E-state index is 14.8. The Kier molecular flexibility index (Phi) is 7.10. The van der Waals surface area contributed by atoms with Crippen LogP contribution in [-0.4, -0.2) is 31.0 Å². The van der Waals surface area contributed by atoms with Gasteiger partial charge in [-0.25, -0.2) is 27.3 Å². The molecule has 0 saturated heterocycles. The van der Waals surface area contributed by atoms with Crippen molar-refractivity contribution in [3.8, 4) is 22.9 Å². The molecule has 14 heteroatoms. The average Bonchev–Trinajstić information content (AvgIpc) is 3.38. The van der Waals surface area contributed by atoms with Crippen LogP contribution in [0.25, 0.3) is 22.0 Å². The summed E-state index contributed by atoms with van der Waals surface area (Å²) in [4.78, 5) is 31.5. The van der Waals surface area contributed by atoms with Crippen molar-refractivity contribution >= 4 is 22.5 Å². The number of aromatic nitrogens is 5. The van der Waals surface area contributed by atoms with Crippen LogP contribution >= 0.6 is 11.6 Å². The topological polar surface area (TPSA) is 108 Å². The van der Waals surface area contributed by atoms with Crippen LogP contribution in [0.5, 0.6) is 5.75 Å². The van der Waals surface area contributed by atoms with Gasteiger partial charge in [-0.1, -0.05) is 11.6 Å². The van der Waals surface area contributed by atoms with Crippen molar-refractivity contribution in [2.75, 3.05) is 7.11 Å². The highest BCUT2D eigenvalue weighted by Crippen LogP contribution is 2.35. The number of nitriles is 1. The van der Waals surface area contributed by atoms with Crippen molar-refractivity contribution in [3.05, 3.63) is 109 Å². The van der Waals surface area contributed by atoms with Crippen LogP contribution in [0.2, 0.25) is 5.02 Å². The van der Waals surface area contributed by atoms with Crippen LogP contribution in [0.3, 0.4) is 0 Å². The molecule has 5 aromatic rings. The zero-order valence-corrected chi connectivity index (χ0v) is 22.0. The Hall–Kier alpha value is -4.96. The van der Waals surface area contributed by atoms with Gasteiger partial charge in [0.15, 0.2) is 29.1 Å². The van der Waals surface area contributed by atoms with Gasteiger partial charge < -0.3 is 4.74 Å². The van der Waals surface area contributed by atoms with Gasteiger partial charge in [-0.2, -0.15) is 10.4 Å². The second-order valence-corrected chi connectivity index (χ2v) is 9.34. The number of hydrogen-bond acceptors (Lipinski definition) is 6. The molecule has 0 radical (unpaired) electrons. The second kappa shape index (κ2) is 10.5. The third-order valence-electron chi connectivity index (χ3n) is 6.37. The van der Waals surface area contributed by atoms with Crippen molar-refractivity contribution in [1.82, 2.24) is 23.9 Å². The summed E-state index contributed by atoms with van der Waals surface area (Å²) in [6.07, 6.45) is 1.35. The number of methoxy groups -OCH3 is 1. The van der Waals surface area contributed by atoms with Crippen molar-refractivity contribution in [1.29, 1.82) is 5.26 Å². The molecule has 0 aliphatic carbocycles. The van der Waals surface area contributed by atoms with E-state index in [2.05, 4.69) is 10.1 Å². The zero-order chi connectivity index (χ0) is 29.6. The summed E-state index contributed by atoms with van der Waals surface area (Å²) in [5, 5.41) is 13.5. The van der Waals surface area contributed by atoms with Crippen LogP contribution in [0.15, 0.2) is 52.3 Å². The molecule has 9 nitrogen and oxygen atoms in total. The lowest BCUT2D eigenvalue weighted by Gasteiger charge is -2.18. The lowest BCUT2D eigenvalue weighted by atomic mass is 10.0. The van der Waals surface area contributed by atoms with Crippen LogP contribution < -0.4 is 16.0 Å². The number of ether oxygens (including phenoxy) is 1. The highest BCUT2D eigenvalue weighted by molar-refractivity contribution is 6.33. The first kappa shape index (κ1) is 27.6. The van der Waals surface area contributed by atoms with Crippen LogP contribution in [0, 0.1) is 34.6 Å². The Morgan fingerprint density at radius 2 is 1.76 bits per heavy atom. The Labute approximate surface area is 233 Å². The molecule has 0 bridgehead atoms. The number of nitrogens with zero attached hydrogens (tertiary/aromatic N) is 6. The predicted octanol–water partition coefficient (Wildman–Crippen LogP) is 4.15. The van der Waals surface area contributed by atoms with E-state index in [0.29, 0.717) is 17.2 Å². The van der Waals surface area contributed by atoms with Crippen LogP contribution in [0.4, 0.5) is 17.6 Å². The third-order valence-corrected chi connectivity index (χ3v) is 6.70. The Balaban J connectivity index is 1.86. The van der Waals surface area contributed by atoms with E-state index in [1.54, 1.807) is 7.05 Å². The SMILES string of the molecule is COc1cc(-c2cc(C#N)ccc2Cl)cc2c1c(=O)n(Cc1ncn(C)n1)c(=O)n2Cc1cc(F)c(F)c(F)c1F. The summed E-state index contributed by atoms with van der Waals surface area (Å²) in [5.41, 5.74) is -1.70. The van der Waals surface area contributed by atoms with Crippen LogP contribution in [-0.2, 0) is 20.1 Å². The molecular formula is C27H17ClF4N6O3. The van der Waals surface area contributed by atoms with Crippen molar-refractivity contribution in [3.63, 3.8) is 0 Å². The maximum absolute atomic E-state index is 14.8. The minimum absolute atomic E-state index is 0.0191. The number of hydrogen-bond donors (Lipinski definition) is 0. The van der Waals surface area contributed by atoms with Gasteiger partial charge in [-0.15, -0.1) is 0 Å². The van der Waals surface area contributed by atoms with Crippen molar-refractivity contribution in [2.45, 2.75) is 13.1 Å². The maximum Gasteiger partial charge on any atom is 0.332 e. The number of aryl methyl sites for hydroxylation is 1. The summed E-state index contributed by atoms with van der Waals surface area (Å²) < 4.78 is 65.1. The fourth-order valence-corrected chi connectivity index (χ4v) is 4.66. The number of halogens is 5. The van der Waals surface area contributed by atoms with Crippen LogP contribution in [0.1, 0.15) is 17.0 Å². The van der Waals surface area contributed by atoms with E-state index in [9.17, 15) is 32.4 Å². The minimum Gasteiger partial charge on any atom is -0.496 e. The summed E-state index contributed by atoms with van der Waals surface area (Å²) >= 11 is 6.39. The third kappa shape index (κ3) is 4.82. The quantitative estimate of drug-likeness (QED) is 0.169. The molecule has 41 heavy (non-hydrogen) atoms. The van der Waals surface area contributed by atoms with E-state index >= 15 is 0 Å². The van der Waals surface area contributed by atoms with Gasteiger partial charge in [-0.3, -0.25) is 18.6 Å². The molecule has 2 aromatic heterocycles. The Morgan fingerprint density at radius 3 is 2.41 bits per heavy atom. The average molecular weight is 585 g/mol. The molecule has 208 valence electrons. The Morgan fingerprint density at radius 1 is 1.00 bits per heavy atom. The van der Waals surface area contributed by atoms with Gasteiger partial charge in [0.05, 0.1) is 37.3 Å². The molecule has 0 amide bonds. The van der Waals surface area contributed by atoms with Gasteiger partial charge in [0.1, 0.15) is 17.5 Å². The van der Waals surface area contributed by atoms with E-state index in [1.807, 2.05) is 6.07 Å². The minimum atomic E-state index is -2.05. The van der Waals surface area contributed by atoms with Gasteiger partial charge >= 0.3 is 5.69 Å². The van der Waals surface area contributed by atoms with E-state index in [1.165, 1.54) is 48.5 Å². The molecule has 0 spiro atoms. The van der Waals surface area contributed by atoms with Gasteiger partial charge in [0, 0.05) is 23.2 Å². The Bertz CT molecular complexity index is 2030. The molecule has 0 fully saturated rings. The summed E-state index contributed by atoms with van der Waals surface area (Å²) in [6, 6.07) is 9.70. The zero-order valence-electron chi connectivity index (χ0n) is 21.3. The largest absolute Gasteiger partial charge is 0.496 e. The van der Waals surface area contributed by atoms with Crippen molar-refractivity contribution in [2.24, 2.45) is 7.05 Å². The van der Waals surface area contributed by atoms with Crippen molar-refractivity contribution < 1.29 is 22.3 Å². The van der Waals surface area contributed by atoms with Gasteiger partial charge in [0.2, 0.25) is 0 Å². The molecule has 0 aliphatic rings. The molecule has 2 heterocycles. The predicted molar refractivity (Wildman–Crippen MR) is 140 cm³/mol. The number of rotatable bonds is 6. The normalized spacial score (nSPS) is 11.2. The highest BCUT2D eigenvalue weighted by Gasteiger charge is 2.24. The summed E-state index contributed by atoms with van der Waals surface area (Å²) in [6.45, 7) is -1.20. The molecule has 0 unspecified atom stereocenters. The summed E-state index contributed by atoms with van der Waals surface area (Å²) in [7, 11) is 2.85. The first-order valence-electron chi connectivity index (χ1n) is 11.8. The van der Waals surface area contributed by atoms with Gasteiger partial charge in [-0.05, 0) is 42.0 Å². The van der Waals surface area contributed by atoms with E-state index < -0.39 is 53.2 Å². The molecule has 0 N–H and O–H groups in total. The monoisotopic (exact) mass is 584 g/mol. The fraction of sp³-hybridized carbons (Fsp3) is 0.148. The standard InChI is InChI=1S/C27H17ClF4N6O3/c1-36-12-34-21(35-36)11-38-26(39)22-19(37(27(38)40)10-15-6-18(29)24(31)25(32)23(15)30)7-14(8-20(22)41-2)16-5-13(9-33)3-4-17(16)28/h3-8,12H,10-11H2,1-2H3. The highest BCUT2D eigenvalue weighted by atomic mass is 35.5. The molecule has 0 aliphatic heterocycles. The number of fused-ring (bicyclic) bond motifs is 1.